The van der Waals surface area contributed by atoms with Gasteiger partial charge in [0.1, 0.15) is 16.6 Å². The number of alkyl halides is 3. The Morgan fingerprint density at radius 3 is 2.54 bits per heavy atom. The lowest BCUT2D eigenvalue weighted by Gasteiger charge is -2.38. The SMILES string of the molecule is Cc1cc(N2C[C@H]3CC[C@@H](C2)C3Cc2nc3n(n2)CCCC3c2ccc(F)c(C(F)(F)F)c2)sn1. The Kier molecular flexibility index (Phi) is 5.62. The summed E-state index contributed by atoms with van der Waals surface area (Å²) in [6.45, 7) is 4.78. The zero-order valence-electron chi connectivity index (χ0n) is 19.4. The molecule has 1 saturated carbocycles. The third-order valence-electron chi connectivity index (χ3n) is 7.99. The van der Waals surface area contributed by atoms with Crippen LogP contribution in [0.2, 0.25) is 0 Å². The molecular weight excluding hydrogens is 478 g/mol. The highest BCUT2D eigenvalue weighted by Crippen LogP contribution is 2.45. The maximum Gasteiger partial charge on any atom is 0.419 e. The van der Waals surface area contributed by atoms with Crippen molar-refractivity contribution in [2.45, 2.75) is 57.7 Å². The second-order valence-electron chi connectivity index (χ2n) is 10.2. The Hall–Kier alpha value is -2.49. The number of nitrogens with zero attached hydrogens (tertiary/aromatic N) is 5. The number of halogens is 4. The van der Waals surface area contributed by atoms with E-state index in [1.54, 1.807) is 11.5 Å². The molecule has 0 N–H and O–H groups in total. The van der Waals surface area contributed by atoms with Gasteiger partial charge < -0.3 is 4.90 Å². The van der Waals surface area contributed by atoms with Gasteiger partial charge in [0, 0.05) is 32.0 Å². The van der Waals surface area contributed by atoms with Gasteiger partial charge in [0.05, 0.1) is 11.3 Å². The molecule has 35 heavy (non-hydrogen) atoms. The van der Waals surface area contributed by atoms with E-state index in [1.807, 2.05) is 11.6 Å². The number of fused-ring (bicyclic) bond motifs is 3. The second kappa shape index (κ2) is 8.57. The predicted molar refractivity (Wildman–Crippen MR) is 125 cm³/mol. The fourth-order valence-electron chi connectivity index (χ4n) is 6.34. The van der Waals surface area contributed by atoms with Crippen LogP contribution >= 0.6 is 11.5 Å². The van der Waals surface area contributed by atoms with E-state index < -0.39 is 17.6 Å². The van der Waals surface area contributed by atoms with E-state index in [-0.39, 0.29) is 5.92 Å². The third kappa shape index (κ3) is 4.23. The van der Waals surface area contributed by atoms with Gasteiger partial charge in [0.2, 0.25) is 0 Å². The summed E-state index contributed by atoms with van der Waals surface area (Å²) in [6, 6.07) is 5.48. The summed E-state index contributed by atoms with van der Waals surface area (Å²) < 4.78 is 60.0. The molecule has 1 aromatic carbocycles. The van der Waals surface area contributed by atoms with Crippen LogP contribution in [0.5, 0.6) is 0 Å². The fourth-order valence-corrected chi connectivity index (χ4v) is 7.12. The molecule has 2 bridgehead atoms. The first-order valence-electron chi connectivity index (χ1n) is 12.2. The zero-order valence-corrected chi connectivity index (χ0v) is 20.2. The van der Waals surface area contributed by atoms with Gasteiger partial charge in [0.25, 0.3) is 0 Å². The molecule has 2 aromatic heterocycles. The summed E-state index contributed by atoms with van der Waals surface area (Å²) >= 11 is 1.57. The zero-order chi connectivity index (χ0) is 24.3. The molecule has 5 nitrogen and oxygen atoms in total. The normalized spacial score (nSPS) is 26.3. The van der Waals surface area contributed by atoms with Gasteiger partial charge in [-0.15, -0.1) is 0 Å². The van der Waals surface area contributed by atoms with E-state index in [0.29, 0.717) is 42.1 Å². The highest BCUT2D eigenvalue weighted by atomic mass is 32.1. The summed E-state index contributed by atoms with van der Waals surface area (Å²) in [7, 11) is 0. The lowest BCUT2D eigenvalue weighted by atomic mass is 9.82. The molecule has 2 unspecified atom stereocenters. The monoisotopic (exact) mass is 505 g/mol. The van der Waals surface area contributed by atoms with Crippen LogP contribution in [0.4, 0.5) is 22.6 Å². The van der Waals surface area contributed by atoms with Crippen molar-refractivity contribution in [3.05, 3.63) is 58.6 Å². The maximum atomic E-state index is 13.9. The topological polar surface area (TPSA) is 46.8 Å². The number of anilines is 1. The first-order valence-corrected chi connectivity index (χ1v) is 13.0. The number of piperidine rings is 1. The molecule has 3 aliphatic rings. The van der Waals surface area contributed by atoms with Crippen LogP contribution < -0.4 is 4.90 Å². The van der Waals surface area contributed by atoms with E-state index in [9.17, 15) is 17.6 Å². The van der Waals surface area contributed by atoms with Gasteiger partial charge in [-0.25, -0.2) is 14.1 Å². The molecule has 3 aromatic rings. The fraction of sp³-hybridized carbons (Fsp3) is 0.560. The predicted octanol–water partition coefficient (Wildman–Crippen LogP) is 5.83. The standard InChI is InChI=1S/C25H27F4N5S/c1-14-9-23(35-32-14)33-12-16-4-5-17(13-33)19(16)11-22-30-24-18(3-2-8-34(24)31-22)15-6-7-21(26)20(10-15)25(27,28)29/h6-7,9-10,16-19H,2-5,8,11-13H2,1H3/t16-,17+,18?,19?. The smallest absolute Gasteiger partial charge is 0.362 e. The van der Waals surface area contributed by atoms with Crippen molar-refractivity contribution in [2.24, 2.45) is 17.8 Å². The summed E-state index contributed by atoms with van der Waals surface area (Å²) in [6.07, 6.45) is -0.0320. The van der Waals surface area contributed by atoms with Gasteiger partial charge in [-0.3, -0.25) is 0 Å². The van der Waals surface area contributed by atoms with E-state index >= 15 is 0 Å². The molecule has 0 amide bonds. The Balaban J connectivity index is 1.22. The molecule has 2 aliphatic heterocycles. The van der Waals surface area contributed by atoms with Crippen LogP contribution in [0.15, 0.2) is 24.3 Å². The number of rotatable bonds is 4. The number of hydrogen-bond donors (Lipinski definition) is 0. The average Bonchev–Trinajstić information content (AvgIpc) is 3.48. The highest BCUT2D eigenvalue weighted by Gasteiger charge is 2.43. The van der Waals surface area contributed by atoms with Crippen molar-refractivity contribution in [2.75, 3.05) is 18.0 Å². The van der Waals surface area contributed by atoms with Crippen LogP contribution in [0, 0.1) is 30.5 Å². The maximum absolute atomic E-state index is 13.9. The first-order chi connectivity index (χ1) is 16.8. The minimum absolute atomic E-state index is 0.306. The van der Waals surface area contributed by atoms with Crippen molar-refractivity contribution >= 4 is 16.5 Å². The summed E-state index contributed by atoms with van der Waals surface area (Å²) in [4.78, 5) is 7.32. The second-order valence-corrected chi connectivity index (χ2v) is 11.0. The van der Waals surface area contributed by atoms with Crippen LogP contribution in [0.1, 0.15) is 60.1 Å². The highest BCUT2D eigenvalue weighted by molar-refractivity contribution is 7.10. The molecule has 4 atom stereocenters. The molecule has 0 radical (unpaired) electrons. The van der Waals surface area contributed by atoms with E-state index in [2.05, 4.69) is 15.3 Å². The first kappa shape index (κ1) is 22.9. The lowest BCUT2D eigenvalue weighted by molar-refractivity contribution is -0.140. The summed E-state index contributed by atoms with van der Waals surface area (Å²) in [5.74, 6) is 1.63. The van der Waals surface area contributed by atoms with Crippen LogP contribution in [-0.2, 0) is 19.1 Å². The van der Waals surface area contributed by atoms with E-state index in [1.165, 1.54) is 23.9 Å². The number of aryl methyl sites for hydroxylation is 2. The van der Waals surface area contributed by atoms with Gasteiger partial charge in [0.15, 0.2) is 5.82 Å². The van der Waals surface area contributed by atoms with E-state index in [4.69, 9.17) is 10.1 Å². The third-order valence-corrected chi connectivity index (χ3v) is 8.93. The molecule has 186 valence electrons. The summed E-state index contributed by atoms with van der Waals surface area (Å²) in [5, 5.41) is 6.02. The van der Waals surface area contributed by atoms with Crippen molar-refractivity contribution in [1.82, 2.24) is 19.1 Å². The van der Waals surface area contributed by atoms with Crippen molar-refractivity contribution in [3.63, 3.8) is 0 Å². The number of aromatic nitrogens is 4. The average molecular weight is 506 g/mol. The Bertz CT molecular complexity index is 1220. The number of hydrogen-bond acceptors (Lipinski definition) is 5. The van der Waals surface area contributed by atoms with Gasteiger partial charge in [-0.1, -0.05) is 6.07 Å². The largest absolute Gasteiger partial charge is 0.419 e. The molecule has 10 heteroatoms. The van der Waals surface area contributed by atoms with Gasteiger partial charge >= 0.3 is 6.18 Å². The van der Waals surface area contributed by atoms with Crippen molar-refractivity contribution < 1.29 is 17.6 Å². The van der Waals surface area contributed by atoms with E-state index in [0.717, 1.165) is 49.6 Å². The number of benzene rings is 1. The van der Waals surface area contributed by atoms with Crippen molar-refractivity contribution in [3.8, 4) is 0 Å². The van der Waals surface area contributed by atoms with Crippen LogP contribution in [0.25, 0.3) is 0 Å². The molecule has 2 fully saturated rings. The molecular formula is C25H27F4N5S. The van der Waals surface area contributed by atoms with Crippen molar-refractivity contribution in [1.29, 1.82) is 0 Å². The Morgan fingerprint density at radius 1 is 1.09 bits per heavy atom. The van der Waals surface area contributed by atoms with Gasteiger partial charge in [-0.2, -0.15) is 22.6 Å². The van der Waals surface area contributed by atoms with Gasteiger partial charge in [-0.05, 0) is 85.7 Å². The minimum atomic E-state index is -4.72. The molecule has 6 rings (SSSR count). The molecule has 0 spiro atoms. The van der Waals surface area contributed by atoms with Crippen LogP contribution in [0.3, 0.4) is 0 Å². The molecule has 4 heterocycles. The Labute approximate surface area is 205 Å². The summed E-state index contributed by atoms with van der Waals surface area (Å²) in [5.41, 5.74) is 0.295. The lowest BCUT2D eigenvalue weighted by Crippen LogP contribution is -2.42. The molecule has 1 aliphatic carbocycles. The quantitative estimate of drug-likeness (QED) is 0.419. The Morgan fingerprint density at radius 2 is 1.86 bits per heavy atom. The minimum Gasteiger partial charge on any atom is -0.362 e. The van der Waals surface area contributed by atoms with Crippen LogP contribution in [-0.4, -0.2) is 32.2 Å². The molecule has 1 saturated heterocycles.